The topological polar surface area (TPSA) is 426 Å². The molecule has 0 unspecified atom stereocenters. The van der Waals surface area contributed by atoms with Gasteiger partial charge in [0, 0.05) is 82.7 Å². The predicted molar refractivity (Wildman–Crippen MR) is 512 cm³/mol. The number of nitrogens with zero attached hydrogens (tertiary/aromatic N) is 15. The normalized spacial score (nSPS) is 10.5. The quantitative estimate of drug-likeness (QED) is 0.0262. The lowest BCUT2D eigenvalue weighted by molar-refractivity contribution is -0.384. The average molecular weight is 1830 g/mol. The van der Waals surface area contributed by atoms with Crippen molar-refractivity contribution in [1.29, 1.82) is 0 Å². The average Bonchev–Trinajstić information content (AvgIpc) is 1.80. The van der Waals surface area contributed by atoms with Gasteiger partial charge in [-0.15, -0.1) is 0 Å². The summed E-state index contributed by atoms with van der Waals surface area (Å²) in [5, 5.41) is 84.9. The molecule has 0 radical (unpaired) electrons. The van der Waals surface area contributed by atoms with Gasteiger partial charge in [-0.1, -0.05) is 134 Å². The van der Waals surface area contributed by atoms with Gasteiger partial charge in [0.05, 0.1) is 153 Å². The standard InChI is InChI=1S/C20H20N2O2.C17H13N3O5.C17H13N3O4.2C17H14N2O2.C16H13N3O3/c1-14(2)15-7-9-16(10-8-15)19-11-12-22(21-19)18-6-4-5-17(13-18)20(23)24-3;1-25-14-5-3-13(4-6-14)19-10-12(9-18-19)15-8-11(17(21)22)2-7-16(15)20(23)24;1-11-2-5-14(6-3-11)19-10-13(9-18-19)15-8-12(17(21)22)4-7-16(15)20(23)24;1-12-5-7-16(8-6-12)19-11-15(10-18-19)13-3-2-4-14(9-13)17(20)21;1-21-17(20)14-8-5-9-15(12-14)19-11-10-16(18-19)13-6-3-2-4-7-13;1-22-13-7-5-12(6-8-13)19-10-11(9-17-19)14-3-2-4-15(18-14)16(20)21/h4-14H,1-3H3;2-10H,1H3,(H,21,22);2-10H,1H3,(H,21,22);2-11H,1H3,(H,20,21);2-12H,1H3;2-10H,1H3,(H,20,21). The third-order valence-corrected chi connectivity index (χ3v) is 21.0. The number of benzene rings is 11. The number of aryl methyl sites for hydroxylation is 2. The molecule has 7 aromatic heterocycles. The van der Waals surface area contributed by atoms with E-state index in [-0.39, 0.29) is 56.8 Å². The highest BCUT2D eigenvalue weighted by atomic mass is 16.6. The van der Waals surface area contributed by atoms with E-state index in [1.54, 1.807) is 152 Å². The first kappa shape index (κ1) is 95.6. The van der Waals surface area contributed by atoms with Gasteiger partial charge in [0.2, 0.25) is 0 Å². The lowest BCUT2D eigenvalue weighted by atomic mass is 10.0. The number of carboxylic acid groups (broad SMARTS) is 4. The van der Waals surface area contributed by atoms with Gasteiger partial charge in [-0.25, -0.2) is 61.8 Å². The number of esters is 2. The second-order valence-corrected chi connectivity index (χ2v) is 30.5. The summed E-state index contributed by atoms with van der Waals surface area (Å²) in [5.74, 6) is -3.01. The Morgan fingerprint density at radius 1 is 0.328 bits per heavy atom. The first-order valence-corrected chi connectivity index (χ1v) is 42.0. The summed E-state index contributed by atoms with van der Waals surface area (Å²) in [4.78, 5) is 93.0. The van der Waals surface area contributed by atoms with Gasteiger partial charge in [-0.2, -0.15) is 30.6 Å². The van der Waals surface area contributed by atoms with E-state index >= 15 is 0 Å². The van der Waals surface area contributed by atoms with Crippen LogP contribution in [0.4, 0.5) is 11.4 Å². The lowest BCUT2D eigenvalue weighted by Gasteiger charge is -2.06. The summed E-state index contributed by atoms with van der Waals surface area (Å²) in [6, 6.07) is 86.1. The Morgan fingerprint density at radius 2 is 0.701 bits per heavy atom. The fourth-order valence-corrected chi connectivity index (χ4v) is 13.6. The first-order valence-electron chi connectivity index (χ1n) is 42.0. The van der Waals surface area contributed by atoms with E-state index in [1.807, 2.05) is 178 Å². The van der Waals surface area contributed by atoms with Crippen molar-refractivity contribution in [2.24, 2.45) is 0 Å². The molecule has 0 bridgehead atoms. The van der Waals surface area contributed by atoms with Crippen molar-refractivity contribution >= 4 is 47.2 Å². The molecule has 7 heterocycles. The van der Waals surface area contributed by atoms with Crippen molar-refractivity contribution in [3.63, 3.8) is 0 Å². The number of hydrogen-bond donors (Lipinski definition) is 4. The zero-order chi connectivity index (χ0) is 97.3. The van der Waals surface area contributed by atoms with Gasteiger partial charge in [0.1, 0.15) is 17.2 Å². The van der Waals surface area contributed by atoms with Gasteiger partial charge in [-0.05, 0) is 201 Å². The van der Waals surface area contributed by atoms with Crippen LogP contribution in [0.2, 0.25) is 0 Å². The fraction of sp³-hybridized carbons (Fsp3) is 0.0865. The molecule has 33 heteroatoms. The number of carboxylic acids is 4. The third kappa shape index (κ3) is 24.6. The number of nitro groups is 2. The minimum Gasteiger partial charge on any atom is -0.497 e. The molecule has 0 aliphatic rings. The molecule has 0 aliphatic carbocycles. The molecule has 4 N–H and O–H groups in total. The monoisotopic (exact) mass is 1830 g/mol. The molecule has 0 spiro atoms. The maximum absolute atomic E-state index is 11.7. The zero-order valence-corrected chi connectivity index (χ0v) is 74.8. The third-order valence-electron chi connectivity index (χ3n) is 21.0. The molecule has 0 amide bonds. The molecule has 11 aromatic carbocycles. The summed E-state index contributed by atoms with van der Waals surface area (Å²) in [7, 11) is 5.93. The molecular formula is C104H87N15O18. The number of ether oxygens (including phenoxy) is 4. The highest BCUT2D eigenvalue weighted by Gasteiger charge is 2.23. The van der Waals surface area contributed by atoms with E-state index in [0.717, 1.165) is 84.6 Å². The fourth-order valence-electron chi connectivity index (χ4n) is 13.6. The molecular weight excluding hydrogens is 1750 g/mol. The van der Waals surface area contributed by atoms with E-state index in [2.05, 4.69) is 73.7 Å². The highest BCUT2D eigenvalue weighted by molar-refractivity contribution is 5.94. The SMILES string of the molecule is COC(=O)c1cccc(-n2ccc(-c3ccc(C(C)C)cc3)n2)c1.COC(=O)c1cccc(-n2ccc(-c3ccccc3)n2)c1.COc1ccc(-n2cc(-c3cc(C(=O)O)ccc3[N+](=O)[O-])cn2)cc1.COc1ccc(-n2cc(-c3cccc(C(=O)O)n3)cn2)cc1.Cc1ccc(-n2cc(-c3cc(C(=O)O)ccc3[N+](=O)[O-])cn2)cc1.Cc1ccc(-n2cc(-c3cccc(C(=O)O)c3)cn2)cc1. The number of hydrogen-bond acceptors (Lipinski definition) is 21. The summed E-state index contributed by atoms with van der Waals surface area (Å²) in [6.07, 6.45) is 17.0. The van der Waals surface area contributed by atoms with Crippen LogP contribution >= 0.6 is 0 Å². The summed E-state index contributed by atoms with van der Waals surface area (Å²) >= 11 is 0. The number of methoxy groups -OCH3 is 4. The Bertz CT molecular complexity index is 7330. The lowest BCUT2D eigenvalue weighted by Crippen LogP contribution is -2.03. The van der Waals surface area contributed by atoms with Crippen LogP contribution in [0.15, 0.2) is 353 Å². The van der Waals surface area contributed by atoms with Crippen molar-refractivity contribution in [2.75, 3.05) is 28.4 Å². The second kappa shape index (κ2) is 44.6. The van der Waals surface area contributed by atoms with Crippen molar-refractivity contribution in [3.8, 4) is 113 Å². The van der Waals surface area contributed by atoms with Crippen LogP contribution in [-0.2, 0) is 9.47 Å². The largest absolute Gasteiger partial charge is 0.497 e. The van der Waals surface area contributed by atoms with Gasteiger partial charge in [-0.3, -0.25) is 20.2 Å². The second-order valence-electron chi connectivity index (χ2n) is 30.5. The predicted octanol–water partition coefficient (Wildman–Crippen LogP) is 20.6. The molecule has 0 aliphatic heterocycles. The Labute approximate surface area is 783 Å². The molecule has 0 fully saturated rings. The van der Waals surface area contributed by atoms with Crippen LogP contribution in [0.1, 0.15) is 98.7 Å². The Kier molecular flexibility index (Phi) is 31.1. The summed E-state index contributed by atoms with van der Waals surface area (Å²) < 4.78 is 29.8. The maximum atomic E-state index is 11.7. The number of aromatic carboxylic acids is 4. The van der Waals surface area contributed by atoms with Crippen molar-refractivity contribution in [3.05, 3.63) is 424 Å². The Hall–Kier alpha value is -18.9. The summed E-state index contributed by atoms with van der Waals surface area (Å²) in [5.41, 5.74) is 17.9. The van der Waals surface area contributed by atoms with Crippen LogP contribution in [0.3, 0.4) is 0 Å². The minimum atomic E-state index is -1.15. The van der Waals surface area contributed by atoms with Gasteiger partial charge < -0.3 is 39.4 Å². The van der Waals surface area contributed by atoms with Crippen molar-refractivity contribution < 1.29 is 78.0 Å². The molecule has 18 aromatic rings. The molecule has 137 heavy (non-hydrogen) atoms. The molecule has 33 nitrogen and oxygen atoms in total. The van der Waals surface area contributed by atoms with Crippen LogP contribution in [0, 0.1) is 34.1 Å². The first-order chi connectivity index (χ1) is 66.1. The smallest absolute Gasteiger partial charge is 0.354 e. The molecule has 686 valence electrons. The number of carbonyl (C=O) groups is 6. The van der Waals surface area contributed by atoms with E-state index in [0.29, 0.717) is 39.6 Å². The highest BCUT2D eigenvalue weighted by Crippen LogP contribution is 2.35. The molecule has 0 atom stereocenters. The molecule has 0 saturated carbocycles. The van der Waals surface area contributed by atoms with E-state index in [9.17, 15) is 49.0 Å². The number of pyridine rings is 1. The van der Waals surface area contributed by atoms with Crippen LogP contribution in [-0.4, -0.2) is 158 Å². The zero-order valence-electron chi connectivity index (χ0n) is 74.8. The Balaban J connectivity index is 0.000000139. The maximum Gasteiger partial charge on any atom is 0.354 e. The minimum absolute atomic E-state index is 0.00898. The van der Waals surface area contributed by atoms with Crippen LogP contribution in [0.25, 0.3) is 101 Å². The Morgan fingerprint density at radius 3 is 1.11 bits per heavy atom. The van der Waals surface area contributed by atoms with E-state index in [4.69, 9.17) is 39.4 Å². The van der Waals surface area contributed by atoms with Crippen LogP contribution < -0.4 is 9.47 Å². The molecule has 18 rings (SSSR count). The molecule has 0 saturated heterocycles. The van der Waals surface area contributed by atoms with Gasteiger partial charge in [0.15, 0.2) is 0 Å². The van der Waals surface area contributed by atoms with Crippen LogP contribution in [0.5, 0.6) is 11.5 Å². The number of aromatic nitrogens is 13. The van der Waals surface area contributed by atoms with Gasteiger partial charge in [0.25, 0.3) is 11.4 Å². The summed E-state index contributed by atoms with van der Waals surface area (Å²) in [6.45, 7) is 8.37. The van der Waals surface area contributed by atoms with Crippen molar-refractivity contribution in [2.45, 2.75) is 33.6 Å². The van der Waals surface area contributed by atoms with Gasteiger partial charge >= 0.3 is 35.8 Å². The number of nitro benzene ring substituents is 2. The van der Waals surface area contributed by atoms with E-state index < -0.39 is 33.7 Å². The number of carbonyl (C=O) groups excluding carboxylic acids is 2. The van der Waals surface area contributed by atoms with Crippen molar-refractivity contribution in [1.82, 2.24) is 63.7 Å². The number of rotatable bonds is 23. The van der Waals surface area contributed by atoms with E-state index in [1.165, 1.54) is 80.2 Å².